The third-order valence-electron chi connectivity index (χ3n) is 2.65. The first-order valence-corrected chi connectivity index (χ1v) is 6.62. The molecule has 0 saturated carbocycles. The lowest BCUT2D eigenvalue weighted by Gasteiger charge is -2.11. The largest absolute Gasteiger partial charge is 0.207 e. The van der Waals surface area contributed by atoms with Gasteiger partial charge in [-0.25, -0.2) is 8.78 Å². The minimum atomic E-state index is -0.578. The van der Waals surface area contributed by atoms with E-state index in [1.165, 1.54) is 12.1 Å². The maximum absolute atomic E-state index is 13.5. The molecule has 94 valence electrons. The van der Waals surface area contributed by atoms with Crippen LogP contribution in [-0.4, -0.2) is 0 Å². The normalized spacial score (nSPS) is 12.4. The predicted octanol–water partition coefficient (Wildman–Crippen LogP) is 5.25. The summed E-state index contributed by atoms with van der Waals surface area (Å²) in [4.78, 5) is 0. The molecule has 0 spiro atoms. The first kappa shape index (κ1) is 13.5. The summed E-state index contributed by atoms with van der Waals surface area (Å²) >= 11 is 9.57. The van der Waals surface area contributed by atoms with Gasteiger partial charge >= 0.3 is 0 Å². The zero-order valence-electron chi connectivity index (χ0n) is 9.34. The fraction of sp³-hybridized carbons (Fsp3) is 0.143. The van der Waals surface area contributed by atoms with Crippen molar-refractivity contribution in [3.63, 3.8) is 0 Å². The number of hydrogen-bond donors (Lipinski definition) is 0. The number of alkyl halides is 1. The minimum absolute atomic E-state index is 0.329. The number of rotatable bonds is 3. The Morgan fingerprint density at radius 1 is 1.06 bits per heavy atom. The van der Waals surface area contributed by atoms with E-state index < -0.39 is 11.6 Å². The Bertz CT molecular complexity index is 540. The van der Waals surface area contributed by atoms with Crippen LogP contribution < -0.4 is 0 Å². The lowest BCUT2D eigenvalue weighted by Crippen LogP contribution is -1.99. The van der Waals surface area contributed by atoms with Crippen LogP contribution in [0.25, 0.3) is 0 Å². The summed E-state index contributed by atoms with van der Waals surface area (Å²) in [6.07, 6.45) is 0.329. The van der Waals surface area contributed by atoms with E-state index in [1.807, 2.05) is 24.3 Å². The molecule has 0 N–H and O–H groups in total. The molecule has 0 aliphatic heterocycles. The zero-order chi connectivity index (χ0) is 13.1. The van der Waals surface area contributed by atoms with E-state index in [-0.39, 0.29) is 5.38 Å². The topological polar surface area (TPSA) is 0 Å². The Kier molecular flexibility index (Phi) is 4.36. The van der Waals surface area contributed by atoms with Crippen LogP contribution in [0.2, 0.25) is 0 Å². The molecule has 18 heavy (non-hydrogen) atoms. The standard InChI is InChI=1S/C14H10BrClF2/c15-11-4-1-9(2-5-11)13(16)7-10-3-6-12(17)8-14(10)18/h1-6,8,13H,7H2. The molecular weight excluding hydrogens is 322 g/mol. The fourth-order valence-corrected chi connectivity index (χ4v) is 2.25. The van der Waals surface area contributed by atoms with E-state index in [0.717, 1.165) is 16.1 Å². The van der Waals surface area contributed by atoms with Gasteiger partial charge in [-0.05, 0) is 35.7 Å². The molecule has 2 aromatic rings. The highest BCUT2D eigenvalue weighted by Crippen LogP contribution is 2.27. The average Bonchev–Trinajstić information content (AvgIpc) is 2.33. The quantitative estimate of drug-likeness (QED) is 0.674. The summed E-state index contributed by atoms with van der Waals surface area (Å²) in [5.74, 6) is -1.14. The Balaban J connectivity index is 2.15. The second-order valence-electron chi connectivity index (χ2n) is 3.96. The smallest absolute Gasteiger partial charge is 0.129 e. The zero-order valence-corrected chi connectivity index (χ0v) is 11.7. The first-order chi connectivity index (χ1) is 8.56. The van der Waals surface area contributed by atoms with Crippen molar-refractivity contribution in [1.29, 1.82) is 0 Å². The van der Waals surface area contributed by atoms with Gasteiger partial charge in [0.25, 0.3) is 0 Å². The molecule has 2 rings (SSSR count). The van der Waals surface area contributed by atoms with Gasteiger partial charge in [0, 0.05) is 10.5 Å². The van der Waals surface area contributed by atoms with Gasteiger partial charge in [-0.1, -0.05) is 34.1 Å². The second kappa shape index (κ2) is 5.81. The van der Waals surface area contributed by atoms with E-state index in [9.17, 15) is 8.78 Å². The molecule has 0 amide bonds. The van der Waals surface area contributed by atoms with Gasteiger partial charge in [-0.2, -0.15) is 0 Å². The molecule has 1 unspecified atom stereocenters. The maximum Gasteiger partial charge on any atom is 0.129 e. The third-order valence-corrected chi connectivity index (χ3v) is 3.58. The molecule has 0 aliphatic rings. The molecule has 4 heteroatoms. The summed E-state index contributed by atoms with van der Waals surface area (Å²) in [6.45, 7) is 0. The summed E-state index contributed by atoms with van der Waals surface area (Å²) in [6, 6.07) is 11.1. The lowest BCUT2D eigenvalue weighted by molar-refractivity contribution is 0.570. The Hall–Kier alpha value is -0.930. The van der Waals surface area contributed by atoms with Crippen LogP contribution in [0.1, 0.15) is 16.5 Å². The molecule has 2 aromatic carbocycles. The highest BCUT2D eigenvalue weighted by Gasteiger charge is 2.12. The molecule has 0 radical (unpaired) electrons. The summed E-state index contributed by atoms with van der Waals surface area (Å²) in [5.41, 5.74) is 1.32. The molecule has 0 fully saturated rings. The van der Waals surface area contributed by atoms with Crippen molar-refractivity contribution in [3.05, 3.63) is 69.7 Å². The van der Waals surface area contributed by atoms with E-state index in [4.69, 9.17) is 11.6 Å². The van der Waals surface area contributed by atoms with Crippen molar-refractivity contribution < 1.29 is 8.78 Å². The van der Waals surface area contributed by atoms with E-state index in [2.05, 4.69) is 15.9 Å². The third kappa shape index (κ3) is 3.30. The summed E-state index contributed by atoms with van der Waals surface area (Å²) in [7, 11) is 0. The lowest BCUT2D eigenvalue weighted by atomic mass is 10.0. The Morgan fingerprint density at radius 3 is 2.33 bits per heavy atom. The molecule has 0 aromatic heterocycles. The van der Waals surface area contributed by atoms with Crippen LogP contribution in [0, 0.1) is 11.6 Å². The molecule has 1 atom stereocenters. The monoisotopic (exact) mass is 330 g/mol. The number of hydrogen-bond acceptors (Lipinski definition) is 0. The predicted molar refractivity (Wildman–Crippen MR) is 72.8 cm³/mol. The van der Waals surface area contributed by atoms with Gasteiger partial charge in [0.15, 0.2) is 0 Å². The van der Waals surface area contributed by atoms with Crippen LogP contribution in [-0.2, 0) is 6.42 Å². The van der Waals surface area contributed by atoms with Crippen molar-refractivity contribution in [2.75, 3.05) is 0 Å². The molecule has 0 nitrogen and oxygen atoms in total. The van der Waals surface area contributed by atoms with Crippen LogP contribution in [0.3, 0.4) is 0 Å². The van der Waals surface area contributed by atoms with E-state index in [0.29, 0.717) is 12.0 Å². The number of benzene rings is 2. The molecular formula is C14H10BrClF2. The van der Waals surface area contributed by atoms with Gasteiger partial charge in [-0.15, -0.1) is 11.6 Å². The SMILES string of the molecule is Fc1ccc(CC(Cl)c2ccc(Br)cc2)c(F)c1. The van der Waals surface area contributed by atoms with Gasteiger partial charge in [-0.3, -0.25) is 0 Å². The van der Waals surface area contributed by atoms with Crippen molar-refractivity contribution in [3.8, 4) is 0 Å². The van der Waals surface area contributed by atoms with Gasteiger partial charge < -0.3 is 0 Å². The van der Waals surface area contributed by atoms with Gasteiger partial charge in [0.2, 0.25) is 0 Å². The van der Waals surface area contributed by atoms with E-state index >= 15 is 0 Å². The van der Waals surface area contributed by atoms with Gasteiger partial charge in [0.05, 0.1) is 5.38 Å². The van der Waals surface area contributed by atoms with Crippen LogP contribution in [0.5, 0.6) is 0 Å². The molecule has 0 heterocycles. The van der Waals surface area contributed by atoms with Crippen molar-refractivity contribution >= 4 is 27.5 Å². The van der Waals surface area contributed by atoms with Crippen molar-refractivity contribution in [1.82, 2.24) is 0 Å². The van der Waals surface area contributed by atoms with Crippen LogP contribution in [0.4, 0.5) is 8.78 Å². The number of halogens is 4. The maximum atomic E-state index is 13.5. The highest BCUT2D eigenvalue weighted by atomic mass is 79.9. The Morgan fingerprint density at radius 2 is 1.72 bits per heavy atom. The summed E-state index contributed by atoms with van der Waals surface area (Å²) in [5, 5.41) is -0.335. The van der Waals surface area contributed by atoms with Crippen LogP contribution in [0.15, 0.2) is 46.9 Å². The average molecular weight is 332 g/mol. The Labute approximate surface area is 118 Å². The molecule has 0 aliphatic carbocycles. The minimum Gasteiger partial charge on any atom is -0.207 e. The van der Waals surface area contributed by atoms with Crippen LogP contribution >= 0.6 is 27.5 Å². The fourth-order valence-electron chi connectivity index (χ4n) is 1.67. The van der Waals surface area contributed by atoms with Gasteiger partial charge in [0.1, 0.15) is 11.6 Å². The molecule has 0 saturated heterocycles. The van der Waals surface area contributed by atoms with Crippen molar-refractivity contribution in [2.45, 2.75) is 11.8 Å². The second-order valence-corrected chi connectivity index (χ2v) is 5.40. The molecule has 0 bridgehead atoms. The first-order valence-electron chi connectivity index (χ1n) is 5.40. The van der Waals surface area contributed by atoms with Crippen molar-refractivity contribution in [2.24, 2.45) is 0 Å². The highest BCUT2D eigenvalue weighted by molar-refractivity contribution is 9.10. The van der Waals surface area contributed by atoms with E-state index in [1.54, 1.807) is 0 Å². The summed E-state index contributed by atoms with van der Waals surface area (Å²) < 4.78 is 27.2.